The van der Waals surface area contributed by atoms with Gasteiger partial charge < -0.3 is 0 Å². The Morgan fingerprint density at radius 3 is 1.25 bits per heavy atom. The van der Waals surface area contributed by atoms with Gasteiger partial charge in [0.05, 0.1) is 6.16 Å². The summed E-state index contributed by atoms with van der Waals surface area (Å²) in [5.41, 5.74) is 0. The highest BCUT2D eigenvalue weighted by Gasteiger charge is 2.43. The minimum absolute atomic E-state index is 0. The Morgan fingerprint density at radius 1 is 0.625 bits per heavy atom. The van der Waals surface area contributed by atoms with Gasteiger partial charge in [-0.25, -0.2) is 0 Å². The smallest absolute Gasteiger partial charge is 0.115 e. The number of halogens is 1. The second-order valence-corrected chi connectivity index (χ2v) is 9.10. The molecule has 122 valence electrons. The van der Waals surface area contributed by atoms with Gasteiger partial charge in [-0.15, -0.1) is 12.4 Å². The van der Waals surface area contributed by atoms with Gasteiger partial charge in [-0.1, -0.05) is 66.7 Å². The summed E-state index contributed by atoms with van der Waals surface area (Å²) >= 11 is 0. The molecule has 0 aliphatic heterocycles. The lowest BCUT2D eigenvalue weighted by atomic mass is 10.4. The summed E-state index contributed by atoms with van der Waals surface area (Å²) < 4.78 is 0. The molecule has 0 saturated heterocycles. The van der Waals surface area contributed by atoms with E-state index in [0.29, 0.717) is 0 Å². The first-order chi connectivity index (χ1) is 11.4. The molecular formula is C22H23ClP+. The van der Waals surface area contributed by atoms with Crippen LogP contribution in [0.25, 0.3) is 0 Å². The summed E-state index contributed by atoms with van der Waals surface area (Å²) in [6, 6.07) is 33.0. The molecule has 0 nitrogen and oxygen atoms in total. The standard InChI is InChI=1S/C22H22P.ClH/c1-2-3-19-23(20-13-7-4-8-14-20,21-15-9-5-10-16-21)22-17-11-6-12-18-22;/h2-18H,19H2,1H3;1H/q+1;. The van der Waals surface area contributed by atoms with E-state index in [0.717, 1.165) is 6.16 Å². The zero-order valence-corrected chi connectivity index (χ0v) is 15.6. The molecule has 3 aromatic carbocycles. The normalized spacial score (nSPS) is 11.2. The molecule has 0 N–H and O–H groups in total. The lowest BCUT2D eigenvalue weighted by molar-refractivity contribution is 1.61. The maximum atomic E-state index is 2.32. The Kier molecular flexibility index (Phi) is 6.79. The van der Waals surface area contributed by atoms with Gasteiger partial charge in [-0.2, -0.15) is 0 Å². The second kappa shape index (κ2) is 8.83. The van der Waals surface area contributed by atoms with E-state index in [4.69, 9.17) is 0 Å². The van der Waals surface area contributed by atoms with Gasteiger partial charge in [0.2, 0.25) is 0 Å². The van der Waals surface area contributed by atoms with Gasteiger partial charge in [0, 0.05) is 0 Å². The Labute approximate surface area is 152 Å². The fourth-order valence-corrected chi connectivity index (χ4v) is 7.17. The molecule has 0 aromatic heterocycles. The zero-order valence-electron chi connectivity index (χ0n) is 13.9. The summed E-state index contributed by atoms with van der Waals surface area (Å²) in [7, 11) is -1.66. The average molecular weight is 354 g/mol. The Balaban J connectivity index is 0.00000208. The van der Waals surface area contributed by atoms with Crippen LogP contribution in [0, 0.1) is 0 Å². The molecule has 0 aliphatic carbocycles. The summed E-state index contributed by atoms with van der Waals surface area (Å²) in [4.78, 5) is 0. The van der Waals surface area contributed by atoms with Crippen LogP contribution in [0.2, 0.25) is 0 Å². The molecule has 0 amide bonds. The van der Waals surface area contributed by atoms with Crippen LogP contribution in [0.1, 0.15) is 6.92 Å². The third kappa shape index (κ3) is 3.61. The Morgan fingerprint density at radius 2 is 0.958 bits per heavy atom. The molecule has 0 aliphatic rings. The highest BCUT2D eigenvalue weighted by molar-refractivity contribution is 7.95. The number of hydrogen-bond acceptors (Lipinski definition) is 0. The lowest BCUT2D eigenvalue weighted by Crippen LogP contribution is -2.32. The van der Waals surface area contributed by atoms with Gasteiger partial charge >= 0.3 is 0 Å². The van der Waals surface area contributed by atoms with Crippen molar-refractivity contribution in [1.29, 1.82) is 0 Å². The molecule has 0 bridgehead atoms. The zero-order chi connectivity index (χ0) is 16.0. The third-order valence-corrected chi connectivity index (χ3v) is 8.50. The average Bonchev–Trinajstić information content (AvgIpc) is 2.65. The first-order valence-electron chi connectivity index (χ1n) is 8.04. The summed E-state index contributed by atoms with van der Waals surface area (Å²) in [6.45, 7) is 2.11. The van der Waals surface area contributed by atoms with Crippen molar-refractivity contribution in [3.8, 4) is 0 Å². The molecule has 3 aromatic rings. The minimum atomic E-state index is -1.66. The first kappa shape index (κ1) is 18.5. The Bertz CT molecular complexity index is 655. The lowest BCUT2D eigenvalue weighted by Gasteiger charge is -2.26. The van der Waals surface area contributed by atoms with Crippen LogP contribution in [-0.4, -0.2) is 6.16 Å². The molecule has 0 spiro atoms. The predicted octanol–water partition coefficient (Wildman–Crippen LogP) is 4.98. The van der Waals surface area contributed by atoms with Gasteiger partial charge in [-0.3, -0.25) is 0 Å². The van der Waals surface area contributed by atoms with Gasteiger partial charge in [0.15, 0.2) is 0 Å². The van der Waals surface area contributed by atoms with Crippen molar-refractivity contribution < 1.29 is 0 Å². The van der Waals surface area contributed by atoms with Crippen molar-refractivity contribution in [3.05, 3.63) is 103 Å². The van der Waals surface area contributed by atoms with Crippen LogP contribution in [0.4, 0.5) is 0 Å². The quantitative estimate of drug-likeness (QED) is 0.448. The Hall–Kier alpha value is -1.88. The van der Waals surface area contributed by atoms with Crippen molar-refractivity contribution in [2.75, 3.05) is 6.16 Å². The fraction of sp³-hybridized carbons (Fsp3) is 0.0909. The highest BCUT2D eigenvalue weighted by atomic mass is 35.5. The number of benzene rings is 3. The minimum Gasteiger partial charge on any atom is -0.147 e. The summed E-state index contributed by atoms with van der Waals surface area (Å²) in [5, 5.41) is 4.32. The largest absolute Gasteiger partial charge is 0.147 e. The van der Waals surface area contributed by atoms with Gasteiger partial charge in [0.25, 0.3) is 0 Å². The van der Waals surface area contributed by atoms with E-state index < -0.39 is 7.26 Å². The topological polar surface area (TPSA) is 0 Å². The van der Waals surface area contributed by atoms with E-state index in [2.05, 4.69) is 110 Å². The van der Waals surface area contributed by atoms with E-state index in [1.165, 1.54) is 15.9 Å². The van der Waals surface area contributed by atoms with Crippen LogP contribution >= 0.6 is 19.7 Å². The first-order valence-corrected chi connectivity index (χ1v) is 10.0. The van der Waals surface area contributed by atoms with Crippen LogP contribution in [0.5, 0.6) is 0 Å². The van der Waals surface area contributed by atoms with E-state index in [1.807, 2.05) is 0 Å². The molecule has 0 unspecified atom stereocenters. The van der Waals surface area contributed by atoms with Gasteiger partial charge in [-0.05, 0) is 43.3 Å². The van der Waals surface area contributed by atoms with Crippen molar-refractivity contribution in [1.82, 2.24) is 0 Å². The highest BCUT2D eigenvalue weighted by Crippen LogP contribution is 2.55. The van der Waals surface area contributed by atoms with E-state index in [-0.39, 0.29) is 12.4 Å². The van der Waals surface area contributed by atoms with Crippen LogP contribution < -0.4 is 15.9 Å². The molecule has 0 saturated carbocycles. The summed E-state index contributed by atoms with van der Waals surface area (Å²) in [6.07, 6.45) is 5.55. The molecule has 2 heteroatoms. The van der Waals surface area contributed by atoms with Gasteiger partial charge in [0.1, 0.15) is 23.2 Å². The van der Waals surface area contributed by atoms with Crippen molar-refractivity contribution >= 4 is 35.6 Å². The van der Waals surface area contributed by atoms with Crippen LogP contribution in [0.3, 0.4) is 0 Å². The molecular weight excluding hydrogens is 331 g/mol. The second-order valence-electron chi connectivity index (χ2n) is 5.57. The molecule has 0 radical (unpaired) electrons. The number of rotatable bonds is 5. The molecule has 3 rings (SSSR count). The fourth-order valence-electron chi connectivity index (χ4n) is 3.07. The predicted molar refractivity (Wildman–Crippen MR) is 112 cm³/mol. The van der Waals surface area contributed by atoms with Crippen molar-refractivity contribution in [2.24, 2.45) is 0 Å². The third-order valence-electron chi connectivity index (χ3n) is 4.21. The number of hydrogen-bond donors (Lipinski definition) is 0. The molecule has 0 heterocycles. The summed E-state index contributed by atoms with van der Waals surface area (Å²) in [5.74, 6) is 0. The molecule has 0 atom stereocenters. The maximum absolute atomic E-state index is 2.32. The SMILES string of the molecule is CC=CC[P+](c1ccccc1)(c1ccccc1)c1ccccc1.Cl. The van der Waals surface area contributed by atoms with E-state index in [1.54, 1.807) is 0 Å². The monoisotopic (exact) mass is 353 g/mol. The van der Waals surface area contributed by atoms with Crippen LogP contribution in [-0.2, 0) is 0 Å². The van der Waals surface area contributed by atoms with Crippen LogP contribution in [0.15, 0.2) is 103 Å². The number of allylic oxidation sites excluding steroid dienone is 2. The van der Waals surface area contributed by atoms with E-state index >= 15 is 0 Å². The maximum Gasteiger partial charge on any atom is 0.115 e. The molecule has 24 heavy (non-hydrogen) atoms. The molecule has 0 fully saturated rings. The van der Waals surface area contributed by atoms with E-state index in [9.17, 15) is 0 Å². The van der Waals surface area contributed by atoms with Crippen molar-refractivity contribution in [3.63, 3.8) is 0 Å². The van der Waals surface area contributed by atoms with Crippen molar-refractivity contribution in [2.45, 2.75) is 6.92 Å².